The Balaban J connectivity index is 2.20. The summed E-state index contributed by atoms with van der Waals surface area (Å²) in [6.45, 7) is 3.37. The van der Waals surface area contributed by atoms with Gasteiger partial charge in [0.2, 0.25) is 0 Å². The lowest BCUT2D eigenvalue weighted by Gasteiger charge is -2.23. The first kappa shape index (κ1) is 13.1. The number of carbonyl (C=O) groups excluding carboxylic acids is 1. The lowest BCUT2D eigenvalue weighted by molar-refractivity contribution is 0.0745. The molecule has 1 aliphatic heterocycles. The predicted molar refractivity (Wildman–Crippen MR) is 65.1 cm³/mol. The molecule has 1 aromatic rings. The van der Waals surface area contributed by atoms with Crippen LogP contribution in [0.1, 0.15) is 28.2 Å². The molecule has 7 heteroatoms. The molecule has 0 saturated carbocycles. The van der Waals surface area contributed by atoms with E-state index in [-0.39, 0.29) is 23.5 Å². The van der Waals surface area contributed by atoms with Crippen LogP contribution in [-0.2, 0) is 9.84 Å². The van der Waals surface area contributed by atoms with Crippen molar-refractivity contribution in [1.82, 2.24) is 10.1 Å². The fraction of sp³-hybridized carbons (Fsp3) is 0.636. The molecular weight excluding hydrogens is 256 g/mol. The Hall–Kier alpha value is -1.37. The van der Waals surface area contributed by atoms with Crippen molar-refractivity contribution in [2.24, 2.45) is 0 Å². The van der Waals surface area contributed by atoms with E-state index in [0.717, 1.165) is 0 Å². The second-order valence-electron chi connectivity index (χ2n) is 4.67. The molecule has 2 heterocycles. The first-order valence-corrected chi connectivity index (χ1v) is 7.54. The van der Waals surface area contributed by atoms with Crippen molar-refractivity contribution in [3.63, 3.8) is 0 Å². The molecule has 0 radical (unpaired) electrons. The zero-order chi connectivity index (χ0) is 13.5. The second kappa shape index (κ2) is 4.38. The molecule has 0 aromatic carbocycles. The van der Waals surface area contributed by atoms with E-state index in [9.17, 15) is 13.2 Å². The molecule has 1 aromatic heterocycles. The number of aryl methyl sites for hydroxylation is 2. The van der Waals surface area contributed by atoms with E-state index in [4.69, 9.17) is 4.52 Å². The maximum Gasteiger partial charge on any atom is 0.259 e. The number of rotatable bonds is 2. The third-order valence-electron chi connectivity index (χ3n) is 3.32. The highest BCUT2D eigenvalue weighted by atomic mass is 32.2. The van der Waals surface area contributed by atoms with Gasteiger partial charge in [0.1, 0.15) is 11.3 Å². The Morgan fingerprint density at radius 3 is 2.56 bits per heavy atom. The second-order valence-corrected chi connectivity index (χ2v) is 6.90. The molecule has 0 spiro atoms. The van der Waals surface area contributed by atoms with Crippen molar-refractivity contribution in [1.29, 1.82) is 0 Å². The first-order valence-electron chi connectivity index (χ1n) is 5.72. The number of hydrogen-bond donors (Lipinski definition) is 0. The minimum atomic E-state index is -3.00. The molecule has 0 N–H and O–H groups in total. The summed E-state index contributed by atoms with van der Waals surface area (Å²) in [4.78, 5) is 13.8. The highest BCUT2D eigenvalue weighted by Crippen LogP contribution is 2.21. The average Bonchev–Trinajstić information content (AvgIpc) is 2.80. The topological polar surface area (TPSA) is 80.5 Å². The summed E-state index contributed by atoms with van der Waals surface area (Å²) >= 11 is 0. The van der Waals surface area contributed by atoms with Gasteiger partial charge < -0.3 is 9.42 Å². The number of hydrogen-bond acceptors (Lipinski definition) is 5. The molecular formula is C11H16N2O4S. The molecule has 6 nitrogen and oxygen atoms in total. The van der Waals surface area contributed by atoms with Crippen LogP contribution in [-0.4, -0.2) is 49.0 Å². The molecule has 18 heavy (non-hydrogen) atoms. The molecule has 0 aliphatic carbocycles. The van der Waals surface area contributed by atoms with Crippen molar-refractivity contribution >= 4 is 15.7 Å². The zero-order valence-corrected chi connectivity index (χ0v) is 11.5. The minimum absolute atomic E-state index is 0.0403. The minimum Gasteiger partial charge on any atom is -0.361 e. The van der Waals surface area contributed by atoms with Gasteiger partial charge in [-0.05, 0) is 20.3 Å². The summed E-state index contributed by atoms with van der Waals surface area (Å²) in [5.41, 5.74) is 0.965. The standard InChI is InChI=1S/C11H16N2O4S/c1-7-10(8(2)17-12-7)11(14)13(3)9-4-5-18(15,16)6-9/h9H,4-6H2,1-3H3/t9-/m1/s1. The van der Waals surface area contributed by atoms with Crippen molar-refractivity contribution < 1.29 is 17.7 Å². The molecule has 1 atom stereocenters. The summed E-state index contributed by atoms with van der Waals surface area (Å²) in [5, 5.41) is 3.73. The van der Waals surface area contributed by atoms with E-state index in [1.165, 1.54) is 4.90 Å². The summed E-state index contributed by atoms with van der Waals surface area (Å²) in [6, 6.07) is -0.254. The highest BCUT2D eigenvalue weighted by Gasteiger charge is 2.34. The number of amides is 1. The van der Waals surface area contributed by atoms with Crippen LogP contribution in [0.4, 0.5) is 0 Å². The van der Waals surface area contributed by atoms with E-state index in [0.29, 0.717) is 23.4 Å². The summed E-state index contributed by atoms with van der Waals surface area (Å²) < 4.78 is 27.8. The van der Waals surface area contributed by atoms with Crippen LogP contribution in [0.25, 0.3) is 0 Å². The van der Waals surface area contributed by atoms with Gasteiger partial charge in [0, 0.05) is 13.1 Å². The molecule has 1 fully saturated rings. The third kappa shape index (κ3) is 2.27. The normalized spacial score (nSPS) is 22.1. The maximum absolute atomic E-state index is 12.3. The fourth-order valence-electron chi connectivity index (χ4n) is 2.21. The molecule has 2 rings (SSSR count). The van der Waals surface area contributed by atoms with Gasteiger partial charge in [-0.15, -0.1) is 0 Å². The number of nitrogens with zero attached hydrogens (tertiary/aromatic N) is 2. The lowest BCUT2D eigenvalue weighted by atomic mass is 10.1. The van der Waals surface area contributed by atoms with Crippen molar-refractivity contribution in [3.8, 4) is 0 Å². The zero-order valence-electron chi connectivity index (χ0n) is 10.6. The predicted octanol–water partition coefficient (Wildman–Crippen LogP) is 0.551. The van der Waals surface area contributed by atoms with Crippen molar-refractivity contribution in [2.75, 3.05) is 18.6 Å². The number of aromatic nitrogens is 1. The van der Waals surface area contributed by atoms with Gasteiger partial charge in [-0.25, -0.2) is 8.42 Å². The molecule has 1 aliphatic rings. The van der Waals surface area contributed by atoms with Crippen molar-refractivity contribution in [3.05, 3.63) is 17.0 Å². The Kier molecular flexibility index (Phi) is 3.18. The molecule has 100 valence electrons. The van der Waals surface area contributed by atoms with E-state index in [2.05, 4.69) is 5.16 Å². The van der Waals surface area contributed by atoms with E-state index >= 15 is 0 Å². The third-order valence-corrected chi connectivity index (χ3v) is 5.07. The van der Waals surface area contributed by atoms with Crippen LogP contribution < -0.4 is 0 Å². The van der Waals surface area contributed by atoms with Gasteiger partial charge in [0.05, 0.1) is 17.2 Å². The molecule has 0 bridgehead atoms. The van der Waals surface area contributed by atoms with Crippen LogP contribution in [0.2, 0.25) is 0 Å². The fourth-order valence-corrected chi connectivity index (χ4v) is 3.99. The SMILES string of the molecule is Cc1noc(C)c1C(=O)N(C)[C@@H]1CCS(=O)(=O)C1. The Bertz CT molecular complexity index is 556. The Morgan fingerprint density at radius 1 is 1.44 bits per heavy atom. The van der Waals surface area contributed by atoms with Crippen LogP contribution in [0, 0.1) is 13.8 Å². The molecule has 1 saturated heterocycles. The average molecular weight is 272 g/mol. The Morgan fingerprint density at radius 2 is 2.11 bits per heavy atom. The van der Waals surface area contributed by atoms with E-state index in [1.807, 2.05) is 0 Å². The van der Waals surface area contributed by atoms with Gasteiger partial charge in [-0.3, -0.25) is 4.79 Å². The van der Waals surface area contributed by atoms with Crippen LogP contribution >= 0.6 is 0 Å². The van der Waals surface area contributed by atoms with Crippen LogP contribution in [0.3, 0.4) is 0 Å². The summed E-state index contributed by atoms with van der Waals surface area (Å²) in [5.74, 6) is 0.425. The van der Waals surface area contributed by atoms with Gasteiger partial charge in [-0.2, -0.15) is 0 Å². The maximum atomic E-state index is 12.3. The monoisotopic (exact) mass is 272 g/mol. The Labute approximate surface area is 106 Å². The number of sulfone groups is 1. The largest absolute Gasteiger partial charge is 0.361 e. The lowest BCUT2D eigenvalue weighted by Crippen LogP contribution is -2.38. The first-order chi connectivity index (χ1) is 8.32. The van der Waals surface area contributed by atoms with Gasteiger partial charge in [-0.1, -0.05) is 5.16 Å². The van der Waals surface area contributed by atoms with E-state index in [1.54, 1.807) is 20.9 Å². The molecule has 0 unspecified atom stereocenters. The van der Waals surface area contributed by atoms with Crippen LogP contribution in [0.15, 0.2) is 4.52 Å². The summed E-state index contributed by atoms with van der Waals surface area (Å²) in [7, 11) is -1.37. The van der Waals surface area contributed by atoms with Crippen molar-refractivity contribution in [2.45, 2.75) is 26.3 Å². The van der Waals surface area contributed by atoms with Gasteiger partial charge in [0.25, 0.3) is 5.91 Å². The van der Waals surface area contributed by atoms with Gasteiger partial charge in [0.15, 0.2) is 9.84 Å². The van der Waals surface area contributed by atoms with E-state index < -0.39 is 9.84 Å². The highest BCUT2D eigenvalue weighted by molar-refractivity contribution is 7.91. The van der Waals surface area contributed by atoms with Gasteiger partial charge >= 0.3 is 0 Å². The quantitative estimate of drug-likeness (QED) is 0.785. The molecule has 1 amide bonds. The van der Waals surface area contributed by atoms with Crippen LogP contribution in [0.5, 0.6) is 0 Å². The smallest absolute Gasteiger partial charge is 0.259 e. The summed E-state index contributed by atoms with van der Waals surface area (Å²) in [6.07, 6.45) is 0.494. The number of carbonyl (C=O) groups is 1.